The third kappa shape index (κ3) is 4.44. The summed E-state index contributed by atoms with van der Waals surface area (Å²) < 4.78 is 9.86. The van der Waals surface area contributed by atoms with Gasteiger partial charge >= 0.3 is 5.97 Å². The lowest BCUT2D eigenvalue weighted by Gasteiger charge is -2.08. The number of nitrogens with zero attached hydrogens (tertiary/aromatic N) is 1. The van der Waals surface area contributed by atoms with E-state index in [2.05, 4.69) is 10.3 Å². The maximum atomic E-state index is 11.3. The summed E-state index contributed by atoms with van der Waals surface area (Å²) in [6.07, 6.45) is 1.97. The Bertz CT molecular complexity index is 351. The SMILES string of the molecule is CCOC(=O)c1coc(NCC(C)CCO)n1. The molecule has 0 aliphatic rings. The molecule has 0 aromatic carbocycles. The van der Waals surface area contributed by atoms with Crippen LogP contribution in [-0.2, 0) is 4.74 Å². The monoisotopic (exact) mass is 242 g/mol. The molecule has 0 aliphatic heterocycles. The Hall–Kier alpha value is -1.56. The Kier molecular flexibility index (Phi) is 5.48. The predicted octanol–water partition coefficient (Wildman–Crippen LogP) is 1.28. The van der Waals surface area contributed by atoms with Crippen molar-refractivity contribution in [3.8, 4) is 0 Å². The Morgan fingerprint density at radius 1 is 1.71 bits per heavy atom. The highest BCUT2D eigenvalue weighted by atomic mass is 16.5. The lowest BCUT2D eigenvalue weighted by molar-refractivity contribution is 0.0519. The molecule has 1 unspecified atom stereocenters. The molecule has 0 radical (unpaired) electrons. The van der Waals surface area contributed by atoms with Crippen molar-refractivity contribution in [2.75, 3.05) is 25.1 Å². The van der Waals surface area contributed by atoms with Crippen LogP contribution in [0, 0.1) is 5.92 Å². The van der Waals surface area contributed by atoms with Crippen LogP contribution in [0.1, 0.15) is 30.8 Å². The zero-order chi connectivity index (χ0) is 12.7. The van der Waals surface area contributed by atoms with E-state index >= 15 is 0 Å². The minimum Gasteiger partial charge on any atom is -0.461 e. The lowest BCUT2D eigenvalue weighted by Crippen LogP contribution is -2.13. The van der Waals surface area contributed by atoms with Crippen molar-refractivity contribution in [3.05, 3.63) is 12.0 Å². The Morgan fingerprint density at radius 3 is 3.12 bits per heavy atom. The summed E-state index contributed by atoms with van der Waals surface area (Å²) in [6, 6.07) is 0.290. The molecule has 0 spiro atoms. The molecule has 6 nitrogen and oxygen atoms in total. The zero-order valence-corrected chi connectivity index (χ0v) is 10.1. The number of aliphatic hydroxyl groups is 1. The topological polar surface area (TPSA) is 84.6 Å². The van der Waals surface area contributed by atoms with E-state index in [-0.39, 0.29) is 18.3 Å². The van der Waals surface area contributed by atoms with Gasteiger partial charge in [0.25, 0.3) is 6.01 Å². The number of hydrogen-bond acceptors (Lipinski definition) is 6. The van der Waals surface area contributed by atoms with Crippen LogP contribution in [0.3, 0.4) is 0 Å². The van der Waals surface area contributed by atoms with Crippen molar-refractivity contribution in [2.45, 2.75) is 20.3 Å². The van der Waals surface area contributed by atoms with Gasteiger partial charge in [0, 0.05) is 13.2 Å². The van der Waals surface area contributed by atoms with Gasteiger partial charge in [-0.05, 0) is 19.3 Å². The summed E-state index contributed by atoms with van der Waals surface area (Å²) in [6.45, 7) is 4.82. The van der Waals surface area contributed by atoms with Crippen LogP contribution in [0.5, 0.6) is 0 Å². The van der Waals surface area contributed by atoms with Crippen LogP contribution in [0.4, 0.5) is 6.01 Å². The van der Waals surface area contributed by atoms with Crippen molar-refractivity contribution >= 4 is 12.0 Å². The third-order valence-electron chi connectivity index (χ3n) is 2.21. The molecule has 0 amide bonds. The number of aromatic nitrogens is 1. The summed E-state index contributed by atoms with van der Waals surface area (Å²) in [7, 11) is 0. The average Bonchev–Trinajstić information content (AvgIpc) is 2.76. The van der Waals surface area contributed by atoms with Gasteiger partial charge in [0.1, 0.15) is 6.26 Å². The van der Waals surface area contributed by atoms with E-state index < -0.39 is 5.97 Å². The van der Waals surface area contributed by atoms with E-state index in [0.29, 0.717) is 25.5 Å². The fourth-order valence-corrected chi connectivity index (χ4v) is 1.24. The fourth-order valence-electron chi connectivity index (χ4n) is 1.24. The lowest BCUT2D eigenvalue weighted by atomic mass is 10.1. The van der Waals surface area contributed by atoms with Crippen LogP contribution in [0.25, 0.3) is 0 Å². The summed E-state index contributed by atoms with van der Waals surface area (Å²) in [4.78, 5) is 15.2. The predicted molar refractivity (Wildman–Crippen MR) is 61.8 cm³/mol. The number of oxazole rings is 1. The van der Waals surface area contributed by atoms with Gasteiger partial charge in [-0.15, -0.1) is 0 Å². The molecule has 0 saturated carbocycles. The summed E-state index contributed by atoms with van der Waals surface area (Å²) in [5.74, 6) is -0.189. The number of ether oxygens (including phenoxy) is 1. The van der Waals surface area contributed by atoms with Crippen LogP contribution >= 0.6 is 0 Å². The highest BCUT2D eigenvalue weighted by molar-refractivity contribution is 5.87. The Labute approximate surface area is 100.0 Å². The van der Waals surface area contributed by atoms with Crippen molar-refractivity contribution in [1.82, 2.24) is 4.98 Å². The number of nitrogens with one attached hydrogen (secondary N) is 1. The first-order valence-corrected chi connectivity index (χ1v) is 5.64. The van der Waals surface area contributed by atoms with Crippen molar-refractivity contribution in [1.29, 1.82) is 0 Å². The Balaban J connectivity index is 2.43. The molecular formula is C11H18N2O4. The van der Waals surface area contributed by atoms with E-state index in [1.54, 1.807) is 6.92 Å². The molecule has 6 heteroatoms. The smallest absolute Gasteiger partial charge is 0.360 e. The summed E-state index contributed by atoms with van der Waals surface area (Å²) in [5, 5.41) is 11.7. The summed E-state index contributed by atoms with van der Waals surface area (Å²) >= 11 is 0. The second kappa shape index (κ2) is 6.90. The van der Waals surface area contributed by atoms with Crippen LogP contribution < -0.4 is 5.32 Å². The molecule has 1 heterocycles. The second-order valence-corrected chi connectivity index (χ2v) is 3.76. The van der Waals surface area contributed by atoms with E-state index in [9.17, 15) is 4.79 Å². The maximum Gasteiger partial charge on any atom is 0.360 e. The molecule has 2 N–H and O–H groups in total. The molecule has 1 aromatic heterocycles. The van der Waals surface area contributed by atoms with Crippen molar-refractivity contribution < 1.29 is 19.1 Å². The van der Waals surface area contributed by atoms with Gasteiger partial charge in [-0.25, -0.2) is 4.79 Å². The molecule has 0 saturated heterocycles. The average molecular weight is 242 g/mol. The van der Waals surface area contributed by atoms with E-state index in [1.807, 2.05) is 6.92 Å². The van der Waals surface area contributed by atoms with Crippen LogP contribution in [0.15, 0.2) is 10.7 Å². The molecule has 0 aliphatic carbocycles. The first kappa shape index (κ1) is 13.5. The van der Waals surface area contributed by atoms with Gasteiger partial charge in [0.2, 0.25) is 0 Å². The van der Waals surface area contributed by atoms with Gasteiger partial charge in [-0.3, -0.25) is 0 Å². The molecular weight excluding hydrogens is 224 g/mol. The minimum atomic E-state index is -0.493. The molecule has 0 fully saturated rings. The van der Waals surface area contributed by atoms with Gasteiger partial charge in [0.05, 0.1) is 6.61 Å². The fraction of sp³-hybridized carbons (Fsp3) is 0.636. The second-order valence-electron chi connectivity index (χ2n) is 3.76. The molecule has 0 bridgehead atoms. The largest absolute Gasteiger partial charge is 0.461 e. The molecule has 96 valence electrons. The number of hydrogen-bond donors (Lipinski definition) is 2. The normalized spacial score (nSPS) is 12.2. The highest BCUT2D eigenvalue weighted by Gasteiger charge is 2.13. The minimum absolute atomic E-state index is 0.155. The van der Waals surface area contributed by atoms with Crippen molar-refractivity contribution in [2.24, 2.45) is 5.92 Å². The van der Waals surface area contributed by atoms with E-state index in [1.165, 1.54) is 6.26 Å². The first-order valence-electron chi connectivity index (χ1n) is 5.64. The number of esters is 1. The number of carbonyl (C=O) groups is 1. The zero-order valence-electron chi connectivity index (χ0n) is 10.1. The van der Waals surface area contributed by atoms with Gasteiger partial charge < -0.3 is 19.6 Å². The standard InChI is InChI=1S/C11H18N2O4/c1-3-16-10(15)9-7-17-11(13-9)12-6-8(2)4-5-14/h7-8,14H,3-6H2,1-2H3,(H,12,13). The Morgan fingerprint density at radius 2 is 2.47 bits per heavy atom. The van der Waals surface area contributed by atoms with E-state index in [4.69, 9.17) is 14.3 Å². The maximum absolute atomic E-state index is 11.3. The van der Waals surface area contributed by atoms with Crippen LogP contribution in [0.2, 0.25) is 0 Å². The number of carbonyl (C=O) groups excluding carboxylic acids is 1. The number of aliphatic hydroxyl groups excluding tert-OH is 1. The van der Waals surface area contributed by atoms with Crippen LogP contribution in [-0.4, -0.2) is 35.8 Å². The first-order chi connectivity index (χ1) is 8.17. The highest BCUT2D eigenvalue weighted by Crippen LogP contribution is 2.10. The van der Waals surface area contributed by atoms with Gasteiger partial charge in [-0.2, -0.15) is 4.98 Å². The van der Waals surface area contributed by atoms with Gasteiger partial charge in [-0.1, -0.05) is 6.92 Å². The van der Waals surface area contributed by atoms with E-state index in [0.717, 1.165) is 0 Å². The van der Waals surface area contributed by atoms with Gasteiger partial charge in [0.15, 0.2) is 5.69 Å². The molecule has 17 heavy (non-hydrogen) atoms. The third-order valence-corrected chi connectivity index (χ3v) is 2.21. The molecule has 1 aromatic rings. The number of anilines is 1. The molecule has 1 atom stereocenters. The molecule has 1 rings (SSSR count). The summed E-state index contributed by atoms with van der Waals surface area (Å²) in [5.41, 5.74) is 0.157. The quantitative estimate of drug-likeness (QED) is 0.701. The number of rotatable bonds is 7. The van der Waals surface area contributed by atoms with Crippen molar-refractivity contribution in [3.63, 3.8) is 0 Å².